The van der Waals surface area contributed by atoms with E-state index in [2.05, 4.69) is 26.9 Å². The minimum absolute atomic E-state index is 1.08. The Labute approximate surface area is 83.7 Å². The van der Waals surface area contributed by atoms with E-state index >= 15 is 0 Å². The van der Waals surface area contributed by atoms with Gasteiger partial charge in [0.15, 0.2) is 0 Å². The molecule has 2 radical (unpaired) electrons. The van der Waals surface area contributed by atoms with Gasteiger partial charge in [-0.2, -0.15) is 0 Å². The van der Waals surface area contributed by atoms with Crippen molar-refractivity contribution in [3.05, 3.63) is 18.3 Å². The average molecular weight is 195 g/mol. The molecule has 2 heteroatoms. The Morgan fingerprint density at radius 2 is 2.00 bits per heavy atom. The molecule has 13 heavy (non-hydrogen) atoms. The van der Waals surface area contributed by atoms with E-state index in [0.29, 0.717) is 0 Å². The molecule has 0 aromatic carbocycles. The van der Waals surface area contributed by atoms with Crippen LogP contribution in [-0.2, 0) is 6.54 Å². The highest BCUT2D eigenvalue weighted by molar-refractivity contribution is 7.27. The lowest BCUT2D eigenvalue weighted by Gasteiger charge is -2.04. The van der Waals surface area contributed by atoms with Crippen molar-refractivity contribution in [2.75, 3.05) is 0 Å². The minimum atomic E-state index is 1.08. The Hall–Kier alpha value is -0.290. The Balaban J connectivity index is 2.10. The van der Waals surface area contributed by atoms with Gasteiger partial charge in [-0.25, -0.2) is 0 Å². The average Bonchev–Trinajstić information content (AvgIpc) is 2.52. The van der Waals surface area contributed by atoms with Crippen LogP contribution in [0.3, 0.4) is 0 Å². The van der Waals surface area contributed by atoms with Crippen LogP contribution in [0.4, 0.5) is 0 Å². The summed E-state index contributed by atoms with van der Waals surface area (Å²) in [5.74, 6) is 0. The van der Waals surface area contributed by atoms with Gasteiger partial charge in [0, 0.05) is 22.0 Å². The van der Waals surface area contributed by atoms with Gasteiger partial charge in [0.1, 0.15) is 0 Å². The zero-order chi connectivity index (χ0) is 9.52. The molecular weight excluding hydrogens is 177 g/mol. The van der Waals surface area contributed by atoms with Crippen LogP contribution >= 0.6 is 9.24 Å². The van der Waals surface area contributed by atoms with Crippen LogP contribution in [-0.4, -0.2) is 4.57 Å². The molecule has 0 N–H and O–H groups in total. The highest BCUT2D eigenvalue weighted by Crippen LogP contribution is 2.04. The first-order valence-electron chi connectivity index (χ1n) is 5.18. The molecule has 0 spiro atoms. The summed E-state index contributed by atoms with van der Waals surface area (Å²) in [5, 5.41) is 0. The van der Waals surface area contributed by atoms with Crippen molar-refractivity contribution in [2.45, 2.75) is 45.6 Å². The summed E-state index contributed by atoms with van der Waals surface area (Å²) in [7, 11) is 4.36. The second-order valence-electron chi connectivity index (χ2n) is 3.47. The highest BCUT2D eigenvalue weighted by atomic mass is 31.0. The fourth-order valence-corrected chi connectivity index (χ4v) is 1.73. The van der Waals surface area contributed by atoms with Gasteiger partial charge in [-0.1, -0.05) is 32.6 Å². The third-order valence-corrected chi connectivity index (χ3v) is 2.71. The van der Waals surface area contributed by atoms with Gasteiger partial charge in [-0.15, -0.1) is 0 Å². The van der Waals surface area contributed by atoms with E-state index in [9.17, 15) is 0 Å². The molecule has 0 saturated heterocycles. The molecule has 0 saturated carbocycles. The lowest BCUT2D eigenvalue weighted by Crippen LogP contribution is -2.08. The van der Waals surface area contributed by atoms with Crippen LogP contribution in [0.2, 0.25) is 0 Å². The number of aryl methyl sites for hydroxylation is 1. The van der Waals surface area contributed by atoms with E-state index in [-0.39, 0.29) is 0 Å². The Morgan fingerprint density at radius 1 is 1.23 bits per heavy atom. The summed E-state index contributed by atoms with van der Waals surface area (Å²) in [6, 6.07) is 4.09. The van der Waals surface area contributed by atoms with Crippen LogP contribution in [0.1, 0.15) is 39.0 Å². The first-order valence-corrected chi connectivity index (χ1v) is 5.63. The van der Waals surface area contributed by atoms with Gasteiger partial charge in [0.25, 0.3) is 0 Å². The molecule has 1 aromatic heterocycles. The van der Waals surface area contributed by atoms with Crippen molar-refractivity contribution < 1.29 is 0 Å². The predicted molar refractivity (Wildman–Crippen MR) is 59.7 cm³/mol. The maximum atomic E-state index is 4.36. The number of aromatic nitrogens is 1. The molecule has 0 fully saturated rings. The van der Waals surface area contributed by atoms with Gasteiger partial charge in [-0.05, 0) is 18.6 Å². The summed E-state index contributed by atoms with van der Waals surface area (Å²) in [6.07, 6.45) is 8.80. The standard InChI is InChI=1S/C11H18NP/c1-2-3-4-5-6-9-12-10-7-8-11(12)13/h7-8,10H,2-6,9H2,1H3. The normalized spacial score (nSPS) is 10.6. The molecule has 0 amide bonds. The van der Waals surface area contributed by atoms with Crippen molar-refractivity contribution in [3.63, 3.8) is 0 Å². The predicted octanol–water partition coefficient (Wildman–Crippen LogP) is 3.49. The van der Waals surface area contributed by atoms with E-state index < -0.39 is 0 Å². The summed E-state index contributed by atoms with van der Waals surface area (Å²) in [4.78, 5) is 0. The topological polar surface area (TPSA) is 4.93 Å². The third-order valence-electron chi connectivity index (χ3n) is 2.31. The van der Waals surface area contributed by atoms with E-state index in [1.807, 2.05) is 12.1 Å². The van der Waals surface area contributed by atoms with Crippen LogP contribution in [0.15, 0.2) is 18.3 Å². The van der Waals surface area contributed by atoms with Crippen LogP contribution < -0.4 is 5.44 Å². The van der Waals surface area contributed by atoms with E-state index in [1.54, 1.807) is 0 Å². The molecule has 0 unspecified atom stereocenters. The molecule has 1 nitrogen and oxygen atoms in total. The van der Waals surface area contributed by atoms with Crippen molar-refractivity contribution in [2.24, 2.45) is 0 Å². The number of rotatable bonds is 6. The highest BCUT2D eigenvalue weighted by Gasteiger charge is 1.95. The Bertz CT molecular complexity index is 230. The molecule has 0 bridgehead atoms. The fourth-order valence-electron chi connectivity index (χ4n) is 1.48. The largest absolute Gasteiger partial charge is 0.347 e. The van der Waals surface area contributed by atoms with Crippen molar-refractivity contribution in [1.82, 2.24) is 4.57 Å². The summed E-state index contributed by atoms with van der Waals surface area (Å²) in [5.41, 5.74) is 1.08. The minimum Gasteiger partial charge on any atom is -0.347 e. The summed E-state index contributed by atoms with van der Waals surface area (Å²) < 4.78 is 2.20. The monoisotopic (exact) mass is 195 g/mol. The molecule has 72 valence electrons. The van der Waals surface area contributed by atoms with E-state index in [0.717, 1.165) is 12.0 Å². The van der Waals surface area contributed by atoms with Gasteiger partial charge >= 0.3 is 0 Å². The van der Waals surface area contributed by atoms with E-state index in [1.165, 1.54) is 32.1 Å². The van der Waals surface area contributed by atoms with E-state index in [4.69, 9.17) is 0 Å². The maximum absolute atomic E-state index is 4.36. The fraction of sp³-hybridized carbons (Fsp3) is 0.636. The van der Waals surface area contributed by atoms with Gasteiger partial charge in [0.2, 0.25) is 0 Å². The molecule has 0 aliphatic heterocycles. The zero-order valence-corrected chi connectivity index (χ0v) is 9.26. The Kier molecular flexibility index (Phi) is 5.15. The number of nitrogens with zero attached hydrogens (tertiary/aromatic N) is 1. The summed E-state index contributed by atoms with van der Waals surface area (Å²) in [6.45, 7) is 3.37. The molecule has 1 heterocycles. The second kappa shape index (κ2) is 6.21. The molecule has 1 rings (SSSR count). The number of unbranched alkanes of at least 4 members (excludes halogenated alkanes) is 4. The number of hydrogen-bond acceptors (Lipinski definition) is 0. The van der Waals surface area contributed by atoms with Crippen LogP contribution in [0.5, 0.6) is 0 Å². The van der Waals surface area contributed by atoms with Gasteiger partial charge < -0.3 is 4.57 Å². The smallest absolute Gasteiger partial charge is 0.0513 e. The van der Waals surface area contributed by atoms with Crippen molar-refractivity contribution in [1.29, 1.82) is 0 Å². The van der Waals surface area contributed by atoms with Crippen LogP contribution in [0, 0.1) is 0 Å². The maximum Gasteiger partial charge on any atom is 0.0513 e. The lowest BCUT2D eigenvalue weighted by molar-refractivity contribution is 0.576. The lowest BCUT2D eigenvalue weighted by atomic mass is 10.1. The molecule has 0 aliphatic rings. The molecular formula is C11H18NP. The molecule has 1 aromatic rings. The zero-order valence-electron chi connectivity index (χ0n) is 8.37. The molecule has 0 aliphatic carbocycles. The van der Waals surface area contributed by atoms with Gasteiger partial charge in [0.05, 0.1) is 5.44 Å². The van der Waals surface area contributed by atoms with Crippen LogP contribution in [0.25, 0.3) is 0 Å². The van der Waals surface area contributed by atoms with Crippen molar-refractivity contribution in [3.8, 4) is 0 Å². The SMILES string of the molecule is CCCCCCCn1cccc1[P]. The first-order chi connectivity index (χ1) is 6.34. The summed E-state index contributed by atoms with van der Waals surface area (Å²) >= 11 is 0. The Morgan fingerprint density at radius 3 is 2.62 bits per heavy atom. The number of hydrogen-bond donors (Lipinski definition) is 0. The quantitative estimate of drug-likeness (QED) is 0.483. The molecule has 0 atom stereocenters. The first kappa shape index (κ1) is 10.8. The van der Waals surface area contributed by atoms with Crippen molar-refractivity contribution >= 4 is 14.7 Å². The van der Waals surface area contributed by atoms with Gasteiger partial charge in [-0.3, -0.25) is 0 Å². The third kappa shape index (κ3) is 3.95. The second-order valence-corrected chi connectivity index (χ2v) is 3.93.